The Morgan fingerprint density at radius 2 is 1.54 bits per heavy atom. The molecule has 0 aromatic rings. The van der Waals surface area contributed by atoms with E-state index in [2.05, 4.69) is 26.1 Å². The Kier molecular flexibility index (Phi) is 14.1. The van der Waals surface area contributed by atoms with Gasteiger partial charge >= 0.3 is 0 Å². The van der Waals surface area contributed by atoms with Crippen molar-refractivity contribution in [2.24, 2.45) is 0 Å². The highest BCUT2D eigenvalue weighted by Gasteiger charge is 1.99. The maximum Gasteiger partial charge on any atom is 0.00618 e. The van der Waals surface area contributed by atoms with Crippen LogP contribution in [0.4, 0.5) is 0 Å². The molecule has 0 radical (unpaired) electrons. The maximum absolute atomic E-state index is 3.58. The Morgan fingerprint density at radius 3 is 2.00 bits per heavy atom. The molecule has 2 heteroatoms. The average molecular weight is 188 g/mol. The normalized spacial score (nSPS) is 10.2. The van der Waals surface area contributed by atoms with Crippen LogP contribution in [0, 0.1) is 0 Å². The van der Waals surface area contributed by atoms with E-state index in [9.17, 15) is 0 Å². The first kappa shape index (κ1) is 15.4. The van der Waals surface area contributed by atoms with E-state index in [0.29, 0.717) is 0 Å². The van der Waals surface area contributed by atoms with E-state index < -0.39 is 0 Å². The molecule has 0 atom stereocenters. The second kappa shape index (κ2) is 11.9. The van der Waals surface area contributed by atoms with E-state index in [-0.39, 0.29) is 6.15 Å². The summed E-state index contributed by atoms with van der Waals surface area (Å²) in [6.45, 7) is 7.99. The molecule has 0 spiro atoms. The molecular weight excluding hydrogens is 160 g/mol. The molecule has 0 unspecified atom stereocenters. The summed E-state index contributed by atoms with van der Waals surface area (Å²) in [5, 5.41) is 3.58. The fourth-order valence-electron chi connectivity index (χ4n) is 1.44. The van der Waals surface area contributed by atoms with Crippen LogP contribution < -0.4 is 11.5 Å². The summed E-state index contributed by atoms with van der Waals surface area (Å²) in [4.78, 5) is 0. The first-order valence-corrected chi connectivity index (χ1v) is 5.58. The fraction of sp³-hybridized carbons (Fsp3) is 1.00. The monoisotopic (exact) mass is 188 g/mol. The highest BCUT2D eigenvalue weighted by molar-refractivity contribution is 4.61. The van der Waals surface area contributed by atoms with Gasteiger partial charge in [-0.2, -0.15) is 0 Å². The molecule has 0 fully saturated rings. The lowest BCUT2D eigenvalue weighted by Crippen LogP contribution is -2.28. The third kappa shape index (κ3) is 9.84. The second-order valence-corrected chi connectivity index (χ2v) is 3.53. The van der Waals surface area contributed by atoms with Gasteiger partial charge in [0.2, 0.25) is 0 Å². The van der Waals surface area contributed by atoms with Crippen LogP contribution in [0.15, 0.2) is 0 Å². The van der Waals surface area contributed by atoms with Gasteiger partial charge < -0.3 is 11.5 Å². The molecule has 0 aromatic heterocycles. The lowest BCUT2D eigenvalue weighted by molar-refractivity contribution is 0.470. The molecule has 2 nitrogen and oxygen atoms in total. The third-order valence-corrected chi connectivity index (χ3v) is 2.45. The largest absolute Gasteiger partial charge is 0.344 e. The Hall–Kier alpha value is -0.0800. The van der Waals surface area contributed by atoms with Crippen molar-refractivity contribution in [2.45, 2.75) is 65.3 Å². The van der Waals surface area contributed by atoms with Crippen molar-refractivity contribution in [1.82, 2.24) is 11.5 Å². The van der Waals surface area contributed by atoms with Crippen LogP contribution in [0.1, 0.15) is 59.3 Å². The van der Waals surface area contributed by atoms with E-state index in [0.717, 1.165) is 6.04 Å². The summed E-state index contributed by atoms with van der Waals surface area (Å²) in [5.41, 5.74) is 0. The van der Waals surface area contributed by atoms with E-state index >= 15 is 0 Å². The zero-order chi connectivity index (χ0) is 9.23. The first-order chi connectivity index (χ1) is 5.85. The van der Waals surface area contributed by atoms with Gasteiger partial charge in [-0.1, -0.05) is 40.0 Å². The molecule has 0 aromatic carbocycles. The van der Waals surface area contributed by atoms with Crippen LogP contribution in [-0.2, 0) is 0 Å². The molecule has 82 valence electrons. The van der Waals surface area contributed by atoms with Crippen molar-refractivity contribution in [3.05, 3.63) is 0 Å². The van der Waals surface area contributed by atoms with Crippen LogP contribution in [0.25, 0.3) is 0 Å². The molecule has 13 heavy (non-hydrogen) atoms. The van der Waals surface area contributed by atoms with Gasteiger partial charge in [0.05, 0.1) is 0 Å². The van der Waals surface area contributed by atoms with Gasteiger partial charge in [0, 0.05) is 6.04 Å². The lowest BCUT2D eigenvalue weighted by Gasteiger charge is -2.13. The summed E-state index contributed by atoms with van der Waals surface area (Å²) >= 11 is 0. The molecule has 0 saturated heterocycles. The summed E-state index contributed by atoms with van der Waals surface area (Å²) in [5.74, 6) is 0. The number of unbranched alkanes of at least 4 members (excludes halogenated alkanes) is 3. The fourth-order valence-corrected chi connectivity index (χ4v) is 1.44. The molecule has 4 N–H and O–H groups in total. The molecule has 0 amide bonds. The van der Waals surface area contributed by atoms with Crippen molar-refractivity contribution in [3.8, 4) is 0 Å². The molecule has 0 saturated carbocycles. The molecule has 0 rings (SSSR count). The van der Waals surface area contributed by atoms with Crippen LogP contribution >= 0.6 is 0 Å². The quantitative estimate of drug-likeness (QED) is 0.573. The number of rotatable bonds is 8. The molecule has 0 aliphatic rings. The molecular formula is C11H28N2. The predicted octanol–water partition coefficient (Wildman–Crippen LogP) is 3.51. The summed E-state index contributed by atoms with van der Waals surface area (Å²) in [7, 11) is 0. The Labute approximate surface area is 84.1 Å². The zero-order valence-electron chi connectivity index (χ0n) is 9.73. The molecule has 0 heterocycles. The van der Waals surface area contributed by atoms with Crippen LogP contribution in [-0.4, -0.2) is 12.6 Å². The first-order valence-electron chi connectivity index (χ1n) is 5.58. The van der Waals surface area contributed by atoms with Crippen molar-refractivity contribution >= 4 is 0 Å². The summed E-state index contributed by atoms with van der Waals surface area (Å²) < 4.78 is 0. The van der Waals surface area contributed by atoms with E-state index in [1.54, 1.807) is 0 Å². The Bertz CT molecular complexity index is 80.2. The number of hydrogen-bond acceptors (Lipinski definition) is 2. The van der Waals surface area contributed by atoms with Crippen molar-refractivity contribution in [1.29, 1.82) is 0 Å². The van der Waals surface area contributed by atoms with E-state index in [4.69, 9.17) is 0 Å². The predicted molar refractivity (Wildman–Crippen MR) is 61.5 cm³/mol. The second-order valence-electron chi connectivity index (χ2n) is 3.53. The van der Waals surface area contributed by atoms with Gasteiger partial charge in [0.25, 0.3) is 0 Å². The van der Waals surface area contributed by atoms with Crippen molar-refractivity contribution in [2.75, 3.05) is 6.54 Å². The Balaban J connectivity index is 0. The minimum Gasteiger partial charge on any atom is -0.344 e. The van der Waals surface area contributed by atoms with Gasteiger partial charge in [-0.25, -0.2) is 0 Å². The van der Waals surface area contributed by atoms with Crippen LogP contribution in [0.5, 0.6) is 0 Å². The smallest absolute Gasteiger partial charge is 0.00618 e. The SMILES string of the molecule is CCCCCCNC(CC)CC.N. The van der Waals surface area contributed by atoms with Crippen molar-refractivity contribution in [3.63, 3.8) is 0 Å². The minimum absolute atomic E-state index is 0. The topological polar surface area (TPSA) is 47.0 Å². The van der Waals surface area contributed by atoms with Gasteiger partial charge in [-0.05, 0) is 25.8 Å². The van der Waals surface area contributed by atoms with Crippen LogP contribution in [0.2, 0.25) is 0 Å². The summed E-state index contributed by atoms with van der Waals surface area (Å²) in [6.07, 6.45) is 8.01. The zero-order valence-corrected chi connectivity index (χ0v) is 9.73. The van der Waals surface area contributed by atoms with Gasteiger partial charge in [-0.15, -0.1) is 0 Å². The summed E-state index contributed by atoms with van der Waals surface area (Å²) in [6, 6.07) is 0.756. The van der Waals surface area contributed by atoms with Gasteiger partial charge in [0.1, 0.15) is 0 Å². The van der Waals surface area contributed by atoms with E-state index in [1.165, 1.54) is 45.1 Å². The molecule has 0 aliphatic heterocycles. The Morgan fingerprint density at radius 1 is 0.923 bits per heavy atom. The molecule has 0 aliphatic carbocycles. The standard InChI is InChI=1S/C11H25N.H3N/c1-4-7-8-9-10-12-11(5-2)6-3;/h11-12H,4-10H2,1-3H3;1H3. The molecule has 0 bridgehead atoms. The van der Waals surface area contributed by atoms with Crippen molar-refractivity contribution < 1.29 is 0 Å². The third-order valence-electron chi connectivity index (χ3n) is 2.45. The number of hydrogen-bond donors (Lipinski definition) is 2. The minimum atomic E-state index is 0. The highest BCUT2D eigenvalue weighted by atomic mass is 14.9. The lowest BCUT2D eigenvalue weighted by atomic mass is 10.1. The van der Waals surface area contributed by atoms with Gasteiger partial charge in [0.15, 0.2) is 0 Å². The highest BCUT2D eigenvalue weighted by Crippen LogP contribution is 2.00. The van der Waals surface area contributed by atoms with E-state index in [1.807, 2.05) is 0 Å². The maximum atomic E-state index is 3.58. The average Bonchev–Trinajstić information content (AvgIpc) is 2.11. The number of nitrogens with one attached hydrogen (secondary N) is 1. The van der Waals surface area contributed by atoms with Gasteiger partial charge in [-0.3, -0.25) is 0 Å². The van der Waals surface area contributed by atoms with Crippen LogP contribution in [0.3, 0.4) is 0 Å².